The van der Waals surface area contributed by atoms with Crippen LogP contribution in [0.15, 0.2) is 42.5 Å². The zero-order valence-electron chi connectivity index (χ0n) is 12.3. The lowest BCUT2D eigenvalue weighted by atomic mass is 10.2. The number of carbonyl (C=O) groups excluding carboxylic acids is 2. The van der Waals surface area contributed by atoms with Gasteiger partial charge in [-0.25, -0.2) is 9.78 Å². The summed E-state index contributed by atoms with van der Waals surface area (Å²) < 4.78 is 9.80. The molecule has 1 amide bonds. The standard InChI is InChI=1S/C16H16N2O4/c1-21-14-9-4-3-6-11(14)10-17-15(19)12-7-5-8-13(18-12)16(20)22-2/h3-9H,10H2,1-2H3,(H,17,19). The molecule has 2 rings (SSSR count). The number of benzene rings is 1. The van der Waals surface area contributed by atoms with E-state index >= 15 is 0 Å². The van der Waals surface area contributed by atoms with E-state index in [1.807, 2.05) is 24.3 Å². The fraction of sp³-hybridized carbons (Fsp3) is 0.188. The molecule has 0 aliphatic rings. The van der Waals surface area contributed by atoms with E-state index in [0.29, 0.717) is 12.3 Å². The molecule has 0 atom stereocenters. The van der Waals surface area contributed by atoms with Crippen LogP contribution in [0.2, 0.25) is 0 Å². The second-order valence-electron chi connectivity index (χ2n) is 4.39. The summed E-state index contributed by atoms with van der Waals surface area (Å²) in [5.74, 6) is -0.268. The highest BCUT2D eigenvalue weighted by atomic mass is 16.5. The average Bonchev–Trinajstić information content (AvgIpc) is 2.59. The van der Waals surface area contributed by atoms with Gasteiger partial charge in [-0.05, 0) is 18.2 Å². The van der Waals surface area contributed by atoms with Crippen LogP contribution in [0.4, 0.5) is 0 Å². The Bertz CT molecular complexity index is 685. The summed E-state index contributed by atoms with van der Waals surface area (Å²) in [4.78, 5) is 27.5. The van der Waals surface area contributed by atoms with Crippen molar-refractivity contribution >= 4 is 11.9 Å². The number of esters is 1. The molecular formula is C16H16N2O4. The Morgan fingerprint density at radius 3 is 2.50 bits per heavy atom. The van der Waals surface area contributed by atoms with Gasteiger partial charge in [-0.15, -0.1) is 0 Å². The third-order valence-corrected chi connectivity index (χ3v) is 3.01. The number of ether oxygens (including phenoxy) is 2. The monoisotopic (exact) mass is 300 g/mol. The van der Waals surface area contributed by atoms with Crippen molar-refractivity contribution in [1.29, 1.82) is 0 Å². The largest absolute Gasteiger partial charge is 0.496 e. The lowest BCUT2D eigenvalue weighted by Gasteiger charge is -2.09. The van der Waals surface area contributed by atoms with E-state index in [1.165, 1.54) is 19.2 Å². The first kappa shape index (κ1) is 15.5. The highest BCUT2D eigenvalue weighted by molar-refractivity contribution is 5.94. The Kier molecular flexibility index (Phi) is 5.08. The Labute approximate surface area is 128 Å². The van der Waals surface area contributed by atoms with Gasteiger partial charge in [0.15, 0.2) is 0 Å². The number of hydrogen-bond donors (Lipinski definition) is 1. The molecule has 1 heterocycles. The van der Waals surface area contributed by atoms with Crippen molar-refractivity contribution in [2.45, 2.75) is 6.54 Å². The number of carbonyl (C=O) groups is 2. The van der Waals surface area contributed by atoms with Gasteiger partial charge in [-0.3, -0.25) is 4.79 Å². The van der Waals surface area contributed by atoms with E-state index in [9.17, 15) is 9.59 Å². The number of aromatic nitrogens is 1. The molecule has 0 saturated carbocycles. The first-order chi connectivity index (χ1) is 10.7. The minimum atomic E-state index is -0.584. The molecule has 22 heavy (non-hydrogen) atoms. The number of methoxy groups -OCH3 is 2. The predicted octanol–water partition coefficient (Wildman–Crippen LogP) is 1.81. The Morgan fingerprint density at radius 1 is 1.05 bits per heavy atom. The summed E-state index contributed by atoms with van der Waals surface area (Å²) in [6.07, 6.45) is 0. The second-order valence-corrected chi connectivity index (χ2v) is 4.39. The van der Waals surface area contributed by atoms with Crippen molar-refractivity contribution in [2.75, 3.05) is 14.2 Å². The molecule has 0 spiro atoms. The predicted molar refractivity (Wildman–Crippen MR) is 79.7 cm³/mol. The third-order valence-electron chi connectivity index (χ3n) is 3.01. The number of para-hydroxylation sites is 1. The zero-order valence-corrected chi connectivity index (χ0v) is 12.3. The quantitative estimate of drug-likeness (QED) is 0.852. The SMILES string of the molecule is COC(=O)c1cccc(C(=O)NCc2ccccc2OC)n1. The highest BCUT2D eigenvalue weighted by Gasteiger charge is 2.12. The van der Waals surface area contributed by atoms with Crippen molar-refractivity contribution in [3.8, 4) is 5.75 Å². The number of rotatable bonds is 5. The molecule has 0 radical (unpaired) electrons. The van der Waals surface area contributed by atoms with Gasteiger partial charge < -0.3 is 14.8 Å². The van der Waals surface area contributed by atoms with Gasteiger partial charge in [-0.1, -0.05) is 24.3 Å². The summed E-state index contributed by atoms with van der Waals surface area (Å²) >= 11 is 0. The van der Waals surface area contributed by atoms with Gasteiger partial charge in [0.2, 0.25) is 0 Å². The normalized spacial score (nSPS) is 9.91. The van der Waals surface area contributed by atoms with Crippen LogP contribution in [0.25, 0.3) is 0 Å². The Morgan fingerprint density at radius 2 is 1.77 bits per heavy atom. The average molecular weight is 300 g/mol. The summed E-state index contributed by atoms with van der Waals surface area (Å²) in [5.41, 5.74) is 1.09. The summed E-state index contributed by atoms with van der Waals surface area (Å²) in [7, 11) is 2.83. The van der Waals surface area contributed by atoms with Crippen molar-refractivity contribution < 1.29 is 19.1 Å². The molecular weight excluding hydrogens is 284 g/mol. The lowest BCUT2D eigenvalue weighted by molar-refractivity contribution is 0.0594. The maximum Gasteiger partial charge on any atom is 0.356 e. The maximum absolute atomic E-state index is 12.1. The van der Waals surface area contributed by atoms with Crippen molar-refractivity contribution in [2.24, 2.45) is 0 Å². The first-order valence-electron chi connectivity index (χ1n) is 6.61. The summed E-state index contributed by atoms with van der Waals surface area (Å²) in [6, 6.07) is 12.0. The molecule has 6 heteroatoms. The van der Waals surface area contributed by atoms with Gasteiger partial charge in [0, 0.05) is 12.1 Å². The second kappa shape index (κ2) is 7.21. The minimum absolute atomic E-state index is 0.0902. The number of pyridine rings is 1. The van der Waals surface area contributed by atoms with Crippen LogP contribution in [0, 0.1) is 0 Å². The third kappa shape index (κ3) is 3.60. The van der Waals surface area contributed by atoms with Crippen LogP contribution >= 0.6 is 0 Å². The fourth-order valence-electron chi connectivity index (χ4n) is 1.89. The molecule has 2 aromatic rings. The van der Waals surface area contributed by atoms with E-state index in [-0.39, 0.29) is 17.3 Å². The summed E-state index contributed by atoms with van der Waals surface area (Å²) in [6.45, 7) is 0.299. The van der Waals surface area contributed by atoms with Crippen molar-refractivity contribution in [3.05, 3.63) is 59.4 Å². The molecule has 1 aromatic heterocycles. The molecule has 0 aliphatic heterocycles. The molecule has 1 aromatic carbocycles. The van der Waals surface area contributed by atoms with Gasteiger partial charge in [0.05, 0.1) is 14.2 Å². The van der Waals surface area contributed by atoms with Gasteiger partial charge in [-0.2, -0.15) is 0 Å². The Hall–Kier alpha value is -2.89. The molecule has 114 valence electrons. The molecule has 0 fully saturated rings. The number of nitrogens with one attached hydrogen (secondary N) is 1. The lowest BCUT2D eigenvalue weighted by Crippen LogP contribution is -2.24. The molecule has 1 N–H and O–H groups in total. The van der Waals surface area contributed by atoms with Crippen molar-refractivity contribution in [1.82, 2.24) is 10.3 Å². The van der Waals surface area contributed by atoms with E-state index in [0.717, 1.165) is 5.56 Å². The smallest absolute Gasteiger partial charge is 0.356 e. The van der Waals surface area contributed by atoms with Gasteiger partial charge in [0.1, 0.15) is 17.1 Å². The highest BCUT2D eigenvalue weighted by Crippen LogP contribution is 2.16. The van der Waals surface area contributed by atoms with E-state index in [4.69, 9.17) is 4.74 Å². The van der Waals surface area contributed by atoms with Crippen LogP contribution in [-0.2, 0) is 11.3 Å². The molecule has 0 saturated heterocycles. The van der Waals surface area contributed by atoms with E-state index < -0.39 is 5.97 Å². The van der Waals surface area contributed by atoms with Crippen LogP contribution in [-0.4, -0.2) is 31.1 Å². The Balaban J connectivity index is 2.08. The van der Waals surface area contributed by atoms with Crippen LogP contribution < -0.4 is 10.1 Å². The fourth-order valence-corrected chi connectivity index (χ4v) is 1.89. The van der Waals surface area contributed by atoms with Crippen LogP contribution in [0.5, 0.6) is 5.75 Å². The molecule has 0 aliphatic carbocycles. The number of amides is 1. The van der Waals surface area contributed by atoms with E-state index in [2.05, 4.69) is 15.0 Å². The topological polar surface area (TPSA) is 77.5 Å². The maximum atomic E-state index is 12.1. The van der Waals surface area contributed by atoms with Crippen molar-refractivity contribution in [3.63, 3.8) is 0 Å². The van der Waals surface area contributed by atoms with Gasteiger partial charge >= 0.3 is 5.97 Å². The van der Waals surface area contributed by atoms with Crippen LogP contribution in [0.3, 0.4) is 0 Å². The summed E-state index contributed by atoms with van der Waals surface area (Å²) in [5, 5.41) is 2.74. The van der Waals surface area contributed by atoms with Gasteiger partial charge in [0.25, 0.3) is 5.91 Å². The molecule has 0 bridgehead atoms. The van der Waals surface area contributed by atoms with E-state index in [1.54, 1.807) is 13.2 Å². The first-order valence-corrected chi connectivity index (χ1v) is 6.61. The molecule has 6 nitrogen and oxygen atoms in total. The van der Waals surface area contributed by atoms with Crippen LogP contribution in [0.1, 0.15) is 26.5 Å². The number of hydrogen-bond acceptors (Lipinski definition) is 5. The zero-order chi connectivity index (χ0) is 15.9. The minimum Gasteiger partial charge on any atom is -0.496 e. The number of nitrogens with zero attached hydrogens (tertiary/aromatic N) is 1. The molecule has 0 unspecified atom stereocenters.